The first-order chi connectivity index (χ1) is 11.9. The van der Waals surface area contributed by atoms with Crippen LogP contribution in [0.25, 0.3) is 21.3 Å². The van der Waals surface area contributed by atoms with Gasteiger partial charge >= 0.3 is 0 Å². The number of benzene rings is 1. The Labute approximate surface area is 143 Å². The Kier molecular flexibility index (Phi) is 4.16. The molecule has 0 aliphatic rings. The Morgan fingerprint density at radius 3 is 2.79 bits per heavy atom. The maximum absolute atomic E-state index is 4.45. The van der Waals surface area contributed by atoms with E-state index in [0.29, 0.717) is 0 Å². The van der Waals surface area contributed by atoms with Crippen LogP contribution in [0.3, 0.4) is 0 Å². The van der Waals surface area contributed by atoms with E-state index < -0.39 is 0 Å². The predicted molar refractivity (Wildman–Crippen MR) is 96.0 cm³/mol. The number of hydrogen-bond donors (Lipinski definition) is 2. The minimum absolute atomic E-state index is 0.816. The van der Waals surface area contributed by atoms with Gasteiger partial charge in [0.1, 0.15) is 29.1 Å². The average molecular weight is 336 g/mol. The van der Waals surface area contributed by atoms with E-state index in [1.165, 1.54) is 17.5 Å². The van der Waals surface area contributed by atoms with E-state index in [2.05, 4.69) is 48.0 Å². The average Bonchev–Trinajstić information content (AvgIpc) is 3.29. The molecule has 0 radical (unpaired) electrons. The van der Waals surface area contributed by atoms with Gasteiger partial charge in [-0.15, -0.1) is 11.3 Å². The largest absolute Gasteiger partial charge is 0.369 e. The third kappa shape index (κ3) is 2.98. The van der Waals surface area contributed by atoms with Crippen LogP contribution in [0.2, 0.25) is 0 Å². The Morgan fingerprint density at radius 2 is 1.96 bits per heavy atom. The molecule has 24 heavy (non-hydrogen) atoms. The molecule has 3 heterocycles. The number of aromatic nitrogens is 5. The molecule has 0 spiro atoms. The molecule has 1 aromatic carbocycles. The molecule has 120 valence electrons. The van der Waals surface area contributed by atoms with Gasteiger partial charge in [0.15, 0.2) is 0 Å². The van der Waals surface area contributed by atoms with E-state index >= 15 is 0 Å². The number of nitrogens with one attached hydrogen (secondary N) is 2. The van der Waals surface area contributed by atoms with E-state index in [9.17, 15) is 0 Å². The molecule has 2 N–H and O–H groups in total. The summed E-state index contributed by atoms with van der Waals surface area (Å²) in [5.41, 5.74) is 2.36. The summed E-state index contributed by atoms with van der Waals surface area (Å²) < 4.78 is 0. The van der Waals surface area contributed by atoms with Gasteiger partial charge < -0.3 is 5.32 Å². The van der Waals surface area contributed by atoms with Crippen molar-refractivity contribution in [3.05, 3.63) is 54.2 Å². The fraction of sp³-hybridized carbons (Fsp3) is 0.176. The molecule has 7 heteroatoms. The molecule has 4 rings (SSSR count). The summed E-state index contributed by atoms with van der Waals surface area (Å²) in [6.45, 7) is 0.816. The van der Waals surface area contributed by atoms with Crippen LogP contribution >= 0.6 is 11.3 Å². The Bertz CT molecular complexity index is 917. The molecule has 0 saturated heterocycles. The maximum atomic E-state index is 4.45. The smallest absolute Gasteiger partial charge is 0.138 e. The highest BCUT2D eigenvalue weighted by atomic mass is 32.1. The second-order valence-electron chi connectivity index (χ2n) is 5.38. The summed E-state index contributed by atoms with van der Waals surface area (Å²) in [5, 5.41) is 13.4. The number of fused-ring (bicyclic) bond motifs is 1. The van der Waals surface area contributed by atoms with Crippen molar-refractivity contribution in [1.29, 1.82) is 0 Å². The number of hydrogen-bond acceptors (Lipinski definition) is 6. The highest BCUT2D eigenvalue weighted by molar-refractivity contribution is 7.17. The van der Waals surface area contributed by atoms with Gasteiger partial charge in [-0.25, -0.2) is 15.0 Å². The predicted octanol–water partition coefficient (Wildman–Crippen LogP) is 3.52. The first-order valence-corrected chi connectivity index (χ1v) is 8.65. The summed E-state index contributed by atoms with van der Waals surface area (Å²) in [5.74, 6) is 1.79. The number of anilines is 1. The minimum atomic E-state index is 0.816. The van der Waals surface area contributed by atoms with Crippen molar-refractivity contribution < 1.29 is 0 Å². The fourth-order valence-corrected chi connectivity index (χ4v) is 3.57. The van der Waals surface area contributed by atoms with Crippen LogP contribution in [0.5, 0.6) is 0 Å². The fourth-order valence-electron chi connectivity index (χ4n) is 2.65. The van der Waals surface area contributed by atoms with Crippen LogP contribution < -0.4 is 5.32 Å². The molecular formula is C17H16N6S. The zero-order chi connectivity index (χ0) is 16.2. The second-order valence-corrected chi connectivity index (χ2v) is 6.24. The third-order valence-corrected chi connectivity index (χ3v) is 4.69. The number of aryl methyl sites for hydroxylation is 1. The lowest BCUT2D eigenvalue weighted by molar-refractivity contribution is 0.804. The summed E-state index contributed by atoms with van der Waals surface area (Å²) >= 11 is 1.65. The van der Waals surface area contributed by atoms with E-state index in [-0.39, 0.29) is 0 Å². The van der Waals surface area contributed by atoms with Crippen molar-refractivity contribution in [2.75, 3.05) is 11.9 Å². The van der Waals surface area contributed by atoms with Crippen molar-refractivity contribution in [3.63, 3.8) is 0 Å². The van der Waals surface area contributed by atoms with Crippen LogP contribution in [-0.2, 0) is 6.42 Å². The maximum Gasteiger partial charge on any atom is 0.138 e. The number of H-pyrrole nitrogens is 1. The highest BCUT2D eigenvalue weighted by Crippen LogP contribution is 2.36. The first kappa shape index (κ1) is 14.8. The van der Waals surface area contributed by atoms with Crippen LogP contribution in [0, 0.1) is 0 Å². The van der Waals surface area contributed by atoms with Gasteiger partial charge in [0.25, 0.3) is 0 Å². The summed E-state index contributed by atoms with van der Waals surface area (Å²) in [6, 6.07) is 10.3. The molecule has 0 aliphatic carbocycles. The van der Waals surface area contributed by atoms with Crippen LogP contribution in [0.1, 0.15) is 12.2 Å². The van der Waals surface area contributed by atoms with Gasteiger partial charge in [-0.2, -0.15) is 5.10 Å². The number of aromatic amines is 1. The van der Waals surface area contributed by atoms with Crippen LogP contribution in [0.15, 0.2) is 48.4 Å². The van der Waals surface area contributed by atoms with Crippen LogP contribution in [-0.4, -0.2) is 31.7 Å². The standard InChI is InChI=1S/C17H16N6S/c1-2-5-12(6-3-1)13-9-24-17-15(13)16(20-10-21-17)18-8-4-7-14-19-11-22-23-14/h1-3,5-6,9-11H,4,7-8H2,(H,18,20,21)(H,19,22,23). The van der Waals surface area contributed by atoms with Gasteiger partial charge in [-0.1, -0.05) is 30.3 Å². The van der Waals surface area contributed by atoms with Crippen molar-refractivity contribution >= 4 is 27.4 Å². The SMILES string of the molecule is c1ccc(-c2csc3ncnc(NCCCc4ncn[nH]4)c23)cc1. The number of thiophene rings is 1. The third-order valence-electron chi connectivity index (χ3n) is 3.80. The van der Waals surface area contributed by atoms with Crippen molar-refractivity contribution in [2.45, 2.75) is 12.8 Å². The molecule has 0 saturated carbocycles. The van der Waals surface area contributed by atoms with E-state index in [1.807, 2.05) is 18.2 Å². The molecule has 0 amide bonds. The van der Waals surface area contributed by atoms with Crippen molar-refractivity contribution in [2.24, 2.45) is 0 Å². The van der Waals surface area contributed by atoms with Gasteiger partial charge in [-0.3, -0.25) is 5.10 Å². The van der Waals surface area contributed by atoms with Gasteiger partial charge in [0.05, 0.1) is 5.39 Å². The molecule has 0 unspecified atom stereocenters. The van der Waals surface area contributed by atoms with Crippen LogP contribution in [0.4, 0.5) is 5.82 Å². The Hall–Kier alpha value is -2.80. The summed E-state index contributed by atoms with van der Waals surface area (Å²) in [7, 11) is 0. The zero-order valence-corrected chi connectivity index (χ0v) is 13.8. The lowest BCUT2D eigenvalue weighted by Gasteiger charge is -2.08. The van der Waals surface area contributed by atoms with Crippen molar-refractivity contribution in [3.8, 4) is 11.1 Å². The molecule has 3 aromatic heterocycles. The summed E-state index contributed by atoms with van der Waals surface area (Å²) in [6.07, 6.45) is 4.96. The zero-order valence-electron chi connectivity index (χ0n) is 12.9. The molecular weight excluding hydrogens is 320 g/mol. The molecule has 0 atom stereocenters. The van der Waals surface area contributed by atoms with Gasteiger partial charge in [0.2, 0.25) is 0 Å². The molecule has 4 aromatic rings. The molecule has 6 nitrogen and oxygen atoms in total. The van der Waals surface area contributed by atoms with Crippen molar-refractivity contribution in [1.82, 2.24) is 25.1 Å². The number of rotatable bonds is 6. The van der Waals surface area contributed by atoms with E-state index in [4.69, 9.17) is 0 Å². The lowest BCUT2D eigenvalue weighted by Crippen LogP contribution is -2.06. The van der Waals surface area contributed by atoms with Gasteiger partial charge in [-0.05, 0) is 12.0 Å². The Balaban J connectivity index is 1.55. The molecule has 0 aliphatic heterocycles. The monoisotopic (exact) mass is 336 g/mol. The topological polar surface area (TPSA) is 79.4 Å². The summed E-state index contributed by atoms with van der Waals surface area (Å²) in [4.78, 5) is 14.0. The van der Waals surface area contributed by atoms with E-state index in [1.54, 1.807) is 17.7 Å². The quantitative estimate of drug-likeness (QED) is 0.527. The minimum Gasteiger partial charge on any atom is -0.369 e. The Morgan fingerprint density at radius 1 is 1.04 bits per heavy atom. The van der Waals surface area contributed by atoms with E-state index in [0.717, 1.165) is 41.2 Å². The normalized spacial score (nSPS) is 11.0. The first-order valence-electron chi connectivity index (χ1n) is 7.77. The second kappa shape index (κ2) is 6.76. The molecule has 0 fully saturated rings. The highest BCUT2D eigenvalue weighted by Gasteiger charge is 2.12. The number of nitrogens with zero attached hydrogens (tertiary/aromatic N) is 4. The molecule has 0 bridgehead atoms. The lowest BCUT2D eigenvalue weighted by atomic mass is 10.1. The van der Waals surface area contributed by atoms with Gasteiger partial charge in [0, 0.05) is 23.9 Å².